The number of nitrogens with zero attached hydrogens (tertiary/aromatic N) is 4. The van der Waals surface area contributed by atoms with E-state index in [0.717, 1.165) is 0 Å². The zero-order chi connectivity index (χ0) is 13.0. The number of hydrogen-bond donors (Lipinski definition) is 2. The van der Waals surface area contributed by atoms with E-state index in [1.54, 1.807) is 18.3 Å². The van der Waals surface area contributed by atoms with E-state index >= 15 is 0 Å². The van der Waals surface area contributed by atoms with Gasteiger partial charge < -0.3 is 4.98 Å². The Morgan fingerprint density at radius 1 is 1.44 bits per heavy atom. The molecule has 18 heavy (non-hydrogen) atoms. The first kappa shape index (κ1) is 12.0. The third kappa shape index (κ3) is 2.78. The van der Waals surface area contributed by atoms with Crippen molar-refractivity contribution in [3.63, 3.8) is 0 Å². The van der Waals surface area contributed by atoms with Crippen molar-refractivity contribution in [1.82, 2.24) is 19.9 Å². The zero-order valence-corrected chi connectivity index (χ0v) is 9.81. The summed E-state index contributed by atoms with van der Waals surface area (Å²) in [5.74, 6) is 0.528. The summed E-state index contributed by atoms with van der Waals surface area (Å²) in [6, 6.07) is 3.31. The average Bonchev–Trinajstić information content (AvgIpc) is 2.84. The van der Waals surface area contributed by atoms with Gasteiger partial charge in [-0.3, -0.25) is 5.41 Å². The molecule has 2 aromatic heterocycles. The Morgan fingerprint density at radius 3 is 3.00 bits per heavy atom. The fraction of sp³-hybridized carbons (Fsp3) is 0. The van der Waals surface area contributed by atoms with E-state index in [1.165, 1.54) is 18.5 Å². The predicted molar refractivity (Wildman–Crippen MR) is 67.0 cm³/mol. The second-order valence-electron chi connectivity index (χ2n) is 3.27. The molecule has 0 saturated carbocycles. The number of nitrogens with one attached hydrogen (secondary N) is 2. The normalized spacial score (nSPS) is 10.4. The van der Waals surface area contributed by atoms with Crippen molar-refractivity contribution in [2.45, 2.75) is 0 Å². The summed E-state index contributed by atoms with van der Waals surface area (Å²) in [5.41, 5.74) is 1.16. The molecule has 0 aromatic carbocycles. The molecule has 0 bridgehead atoms. The molecule has 0 aliphatic rings. The number of hydrogen-bond acceptors (Lipinski definition) is 5. The van der Waals surface area contributed by atoms with Gasteiger partial charge in [0.2, 0.25) is 0 Å². The summed E-state index contributed by atoms with van der Waals surface area (Å²) in [6.45, 7) is 0. The maximum Gasteiger partial charge on any atom is 0.133 e. The standard InChI is InChI=1S/C11H7ClN6/c12-10-3-8(16-6-17-10)9-5-15-11(18-9)2-1-7(14)4-13/h1-3,5-6,14H,(H,15,18)/b2-1-,14-7?. The topological polar surface area (TPSA) is 102 Å². The number of allylic oxidation sites excluding steroid dienone is 1. The summed E-state index contributed by atoms with van der Waals surface area (Å²) < 4.78 is 0. The first-order valence-corrected chi connectivity index (χ1v) is 5.26. The van der Waals surface area contributed by atoms with Crippen molar-refractivity contribution in [2.24, 2.45) is 0 Å². The minimum Gasteiger partial charge on any atom is -0.337 e. The smallest absolute Gasteiger partial charge is 0.133 e. The maximum atomic E-state index is 8.44. The molecule has 0 atom stereocenters. The molecule has 0 fully saturated rings. The van der Waals surface area contributed by atoms with E-state index in [-0.39, 0.29) is 5.71 Å². The van der Waals surface area contributed by atoms with Crippen LogP contribution in [0.25, 0.3) is 17.5 Å². The van der Waals surface area contributed by atoms with Crippen LogP contribution in [0.5, 0.6) is 0 Å². The van der Waals surface area contributed by atoms with Gasteiger partial charge >= 0.3 is 0 Å². The zero-order valence-electron chi connectivity index (χ0n) is 9.05. The lowest BCUT2D eigenvalue weighted by Gasteiger charge is -1.95. The molecule has 88 valence electrons. The molecular formula is C11H7ClN6. The molecule has 2 N–H and O–H groups in total. The van der Waals surface area contributed by atoms with Gasteiger partial charge in [-0.25, -0.2) is 15.0 Å². The number of halogens is 1. The molecule has 2 aromatic rings. The van der Waals surface area contributed by atoms with E-state index in [0.29, 0.717) is 22.4 Å². The van der Waals surface area contributed by atoms with Gasteiger partial charge in [0, 0.05) is 6.07 Å². The third-order valence-electron chi connectivity index (χ3n) is 2.03. The van der Waals surface area contributed by atoms with E-state index in [1.807, 2.05) is 0 Å². The van der Waals surface area contributed by atoms with Crippen LogP contribution in [0.3, 0.4) is 0 Å². The minimum atomic E-state index is -0.141. The highest BCUT2D eigenvalue weighted by molar-refractivity contribution is 6.29. The fourth-order valence-corrected chi connectivity index (χ4v) is 1.38. The number of imidazole rings is 1. The molecule has 7 heteroatoms. The van der Waals surface area contributed by atoms with Gasteiger partial charge in [0.1, 0.15) is 29.1 Å². The van der Waals surface area contributed by atoms with Gasteiger partial charge in [-0.05, 0) is 12.2 Å². The van der Waals surface area contributed by atoms with Crippen LogP contribution in [-0.4, -0.2) is 25.6 Å². The lowest BCUT2D eigenvalue weighted by molar-refractivity contribution is 1.16. The van der Waals surface area contributed by atoms with Crippen LogP contribution in [-0.2, 0) is 0 Å². The number of H-pyrrole nitrogens is 1. The second-order valence-corrected chi connectivity index (χ2v) is 3.65. The number of rotatable bonds is 3. The molecule has 0 spiro atoms. The molecule has 0 amide bonds. The van der Waals surface area contributed by atoms with Gasteiger partial charge in [-0.15, -0.1) is 0 Å². The molecule has 2 heterocycles. The van der Waals surface area contributed by atoms with Crippen molar-refractivity contribution < 1.29 is 0 Å². The summed E-state index contributed by atoms with van der Waals surface area (Å²) in [7, 11) is 0. The van der Waals surface area contributed by atoms with Gasteiger partial charge in [0.25, 0.3) is 0 Å². The molecule has 0 aliphatic heterocycles. The summed E-state index contributed by atoms with van der Waals surface area (Å²) in [4.78, 5) is 14.9. The SMILES string of the molecule is N#CC(=N)/C=C\c1ncc(-c2cc(Cl)ncn2)[nH]1. The van der Waals surface area contributed by atoms with Crippen LogP contribution in [0.2, 0.25) is 5.15 Å². The number of nitriles is 1. The van der Waals surface area contributed by atoms with Crippen molar-refractivity contribution in [2.75, 3.05) is 0 Å². The van der Waals surface area contributed by atoms with Crippen molar-refractivity contribution in [3.8, 4) is 17.5 Å². The molecule has 0 saturated heterocycles. The van der Waals surface area contributed by atoms with Crippen molar-refractivity contribution >= 4 is 23.4 Å². The van der Waals surface area contributed by atoms with Crippen LogP contribution in [0.15, 0.2) is 24.7 Å². The van der Waals surface area contributed by atoms with Crippen molar-refractivity contribution in [1.29, 1.82) is 10.7 Å². The molecule has 6 nitrogen and oxygen atoms in total. The highest BCUT2D eigenvalue weighted by atomic mass is 35.5. The molecule has 0 radical (unpaired) electrons. The number of aromatic nitrogens is 4. The lowest BCUT2D eigenvalue weighted by atomic mass is 10.3. The van der Waals surface area contributed by atoms with E-state index in [4.69, 9.17) is 22.3 Å². The van der Waals surface area contributed by atoms with Gasteiger partial charge in [0.05, 0.1) is 17.6 Å². The van der Waals surface area contributed by atoms with Crippen LogP contribution in [0.1, 0.15) is 5.82 Å². The van der Waals surface area contributed by atoms with E-state index < -0.39 is 0 Å². The average molecular weight is 259 g/mol. The highest BCUT2D eigenvalue weighted by Gasteiger charge is 2.03. The lowest BCUT2D eigenvalue weighted by Crippen LogP contribution is -1.86. The Morgan fingerprint density at radius 2 is 2.28 bits per heavy atom. The van der Waals surface area contributed by atoms with Crippen LogP contribution in [0, 0.1) is 16.7 Å². The molecule has 0 unspecified atom stereocenters. The summed E-state index contributed by atoms with van der Waals surface area (Å²) >= 11 is 5.76. The first-order valence-electron chi connectivity index (χ1n) is 4.88. The molecule has 0 aliphatic carbocycles. The van der Waals surface area contributed by atoms with Crippen molar-refractivity contribution in [3.05, 3.63) is 35.6 Å². The predicted octanol–water partition coefficient (Wildman–Crippen LogP) is 2.08. The van der Waals surface area contributed by atoms with E-state index in [2.05, 4.69) is 19.9 Å². The van der Waals surface area contributed by atoms with Gasteiger partial charge in [-0.2, -0.15) is 5.26 Å². The monoisotopic (exact) mass is 258 g/mol. The largest absolute Gasteiger partial charge is 0.337 e. The van der Waals surface area contributed by atoms with Crippen LogP contribution in [0.4, 0.5) is 0 Å². The fourth-order valence-electron chi connectivity index (χ4n) is 1.23. The van der Waals surface area contributed by atoms with E-state index in [9.17, 15) is 0 Å². The van der Waals surface area contributed by atoms with Gasteiger partial charge in [-0.1, -0.05) is 11.6 Å². The maximum absolute atomic E-state index is 8.44. The highest BCUT2D eigenvalue weighted by Crippen LogP contribution is 2.16. The van der Waals surface area contributed by atoms with Crippen LogP contribution < -0.4 is 0 Å². The minimum absolute atomic E-state index is 0.141. The number of aromatic amines is 1. The quantitative estimate of drug-likeness (QED) is 0.650. The third-order valence-corrected chi connectivity index (χ3v) is 2.24. The van der Waals surface area contributed by atoms with Crippen LogP contribution >= 0.6 is 11.6 Å². The summed E-state index contributed by atoms with van der Waals surface area (Å²) in [5, 5.41) is 15.9. The van der Waals surface area contributed by atoms with Gasteiger partial charge in [0.15, 0.2) is 0 Å². The molecular weight excluding hydrogens is 252 g/mol. The summed E-state index contributed by atoms with van der Waals surface area (Å²) in [6.07, 6.45) is 5.85. The Hall–Kier alpha value is -2.52. The Kier molecular flexibility index (Phi) is 3.46. The first-order chi connectivity index (χ1) is 8.69. The molecule has 2 rings (SSSR count). The Bertz CT molecular complexity index is 652. The Balaban J connectivity index is 2.24. The second kappa shape index (κ2) is 5.21. The Labute approximate surface area is 108 Å².